The number of esters is 1. The monoisotopic (exact) mass is 383 g/mol. The summed E-state index contributed by atoms with van der Waals surface area (Å²) in [5.41, 5.74) is 0.269. The maximum atomic E-state index is 12.6. The van der Waals surface area contributed by atoms with Gasteiger partial charge in [-0.2, -0.15) is 21.6 Å². The third-order valence-electron chi connectivity index (χ3n) is 2.91. The van der Waals surface area contributed by atoms with E-state index in [1.165, 1.54) is 16.4 Å². The number of halogens is 1. The third kappa shape index (κ3) is 5.37. The molecule has 7 nitrogen and oxygen atoms in total. The van der Waals surface area contributed by atoms with Crippen molar-refractivity contribution in [3.63, 3.8) is 0 Å². The first kappa shape index (κ1) is 20.3. The van der Waals surface area contributed by atoms with Gasteiger partial charge in [-0.15, -0.1) is 0 Å². The molecule has 0 radical (unpaired) electrons. The Morgan fingerprint density at radius 1 is 1.48 bits per heavy atom. The molecule has 10 heteroatoms. The van der Waals surface area contributed by atoms with Crippen molar-refractivity contribution in [3.05, 3.63) is 10.8 Å². The number of carbonyl (C=O) groups excluding carboxylic acids is 1. The zero-order chi connectivity index (χ0) is 17.8. The van der Waals surface area contributed by atoms with Crippen LogP contribution >= 0.6 is 23.4 Å². The highest BCUT2D eigenvalue weighted by Gasteiger charge is 2.31. The minimum Gasteiger partial charge on any atom is -0.462 e. The van der Waals surface area contributed by atoms with Crippen LogP contribution in [-0.2, 0) is 26.6 Å². The molecule has 0 saturated heterocycles. The van der Waals surface area contributed by atoms with Crippen molar-refractivity contribution in [2.45, 2.75) is 44.2 Å². The highest BCUT2D eigenvalue weighted by atomic mass is 35.5. The molecule has 1 N–H and O–H groups in total. The van der Waals surface area contributed by atoms with Crippen LogP contribution in [0.1, 0.15) is 26.0 Å². The number of hydrogen-bond acceptors (Lipinski definition) is 6. The van der Waals surface area contributed by atoms with E-state index in [1.54, 1.807) is 27.8 Å². The van der Waals surface area contributed by atoms with Crippen molar-refractivity contribution >= 4 is 39.4 Å². The topological polar surface area (TPSA) is 90.3 Å². The van der Waals surface area contributed by atoms with E-state index >= 15 is 0 Å². The lowest BCUT2D eigenvalue weighted by atomic mass is 10.2. The van der Waals surface area contributed by atoms with Gasteiger partial charge in [-0.05, 0) is 39.2 Å². The van der Waals surface area contributed by atoms with Crippen LogP contribution in [-0.4, -0.2) is 48.3 Å². The summed E-state index contributed by atoms with van der Waals surface area (Å²) in [5, 5.41) is 3.98. The van der Waals surface area contributed by atoms with Gasteiger partial charge in [0.15, 0.2) is 0 Å². The van der Waals surface area contributed by atoms with Crippen LogP contribution in [0.4, 0.5) is 0 Å². The van der Waals surface area contributed by atoms with Gasteiger partial charge in [0.1, 0.15) is 16.1 Å². The number of aromatic nitrogens is 2. The summed E-state index contributed by atoms with van der Waals surface area (Å²) < 4.78 is 34.0. The smallest absolute Gasteiger partial charge is 0.324 e. The quantitative estimate of drug-likeness (QED) is 0.687. The number of ether oxygens (including phenoxy) is 1. The summed E-state index contributed by atoms with van der Waals surface area (Å²) in [6.45, 7) is 4.96. The van der Waals surface area contributed by atoms with E-state index in [0.29, 0.717) is 12.2 Å². The van der Waals surface area contributed by atoms with Crippen LogP contribution in [0.3, 0.4) is 0 Å². The molecule has 0 spiro atoms. The Bertz CT molecular complexity index is 658. The zero-order valence-electron chi connectivity index (χ0n) is 13.8. The number of carbonyl (C=O) groups is 1. The van der Waals surface area contributed by atoms with Gasteiger partial charge in [0, 0.05) is 7.05 Å². The maximum Gasteiger partial charge on any atom is 0.324 e. The largest absolute Gasteiger partial charge is 0.462 e. The highest BCUT2D eigenvalue weighted by Crippen LogP contribution is 2.24. The predicted molar refractivity (Wildman–Crippen MR) is 91.3 cm³/mol. The predicted octanol–water partition coefficient (Wildman–Crippen LogP) is 1.73. The van der Waals surface area contributed by atoms with Gasteiger partial charge in [0.05, 0.1) is 11.8 Å². The molecule has 0 amide bonds. The van der Waals surface area contributed by atoms with Crippen LogP contribution in [0, 0.1) is 6.92 Å². The number of hydrogen-bond donors (Lipinski definition) is 1. The summed E-state index contributed by atoms with van der Waals surface area (Å²) in [7, 11) is -2.44. The first-order chi connectivity index (χ1) is 10.6. The number of nitrogens with zero attached hydrogens (tertiary/aromatic N) is 2. The van der Waals surface area contributed by atoms with Crippen LogP contribution in [0.15, 0.2) is 4.90 Å². The highest BCUT2D eigenvalue weighted by molar-refractivity contribution is 7.98. The summed E-state index contributed by atoms with van der Waals surface area (Å²) in [6, 6.07) is -0.967. The van der Waals surface area contributed by atoms with E-state index in [0.717, 1.165) is 0 Å². The second-order valence-electron chi connectivity index (χ2n) is 5.27. The summed E-state index contributed by atoms with van der Waals surface area (Å²) in [6.07, 6.45) is 1.87. The second-order valence-corrected chi connectivity index (χ2v) is 8.26. The van der Waals surface area contributed by atoms with Crippen molar-refractivity contribution in [3.8, 4) is 0 Å². The standard InChI is InChI=1S/C13H22ClN3O4S2/c1-8(2)21-13(18)10(6-7-22-5)16-23(19,20)11-9(3)15-17(4)12(11)14/h8,10,16H,6-7H2,1-5H3. The fraction of sp³-hybridized carbons (Fsp3) is 0.692. The number of aryl methyl sites for hydroxylation is 2. The molecule has 23 heavy (non-hydrogen) atoms. The molecule has 1 rings (SSSR count). The zero-order valence-corrected chi connectivity index (χ0v) is 16.2. The fourth-order valence-electron chi connectivity index (χ4n) is 1.94. The van der Waals surface area contributed by atoms with Gasteiger partial charge >= 0.3 is 5.97 Å². The molecular weight excluding hydrogens is 362 g/mol. The molecule has 1 atom stereocenters. The third-order valence-corrected chi connectivity index (χ3v) is 5.72. The van der Waals surface area contributed by atoms with Gasteiger partial charge in [0.25, 0.3) is 0 Å². The molecule has 1 unspecified atom stereocenters. The lowest BCUT2D eigenvalue weighted by molar-refractivity contribution is -0.149. The Morgan fingerprint density at radius 3 is 2.52 bits per heavy atom. The molecule has 0 fully saturated rings. The molecule has 0 saturated carbocycles. The number of thioether (sulfide) groups is 1. The van der Waals surface area contributed by atoms with Gasteiger partial charge in [-0.3, -0.25) is 9.48 Å². The Hall–Kier alpha value is -0.770. The van der Waals surface area contributed by atoms with E-state index in [1.807, 2.05) is 6.26 Å². The molecule has 0 bridgehead atoms. The maximum absolute atomic E-state index is 12.6. The SMILES string of the molecule is CSCCC(NS(=O)(=O)c1c(C)nn(C)c1Cl)C(=O)OC(C)C. The van der Waals surface area contributed by atoms with Crippen molar-refractivity contribution < 1.29 is 17.9 Å². The van der Waals surface area contributed by atoms with Crippen LogP contribution in [0.25, 0.3) is 0 Å². The molecule has 1 heterocycles. The van der Waals surface area contributed by atoms with Crippen molar-refractivity contribution in [2.24, 2.45) is 7.05 Å². The summed E-state index contributed by atoms with van der Waals surface area (Å²) in [5.74, 6) is 0.00966. The van der Waals surface area contributed by atoms with Crippen LogP contribution < -0.4 is 4.72 Å². The minimum absolute atomic E-state index is 0.00385. The Labute approximate surface area is 146 Å². The van der Waals surface area contributed by atoms with Gasteiger partial charge in [-0.1, -0.05) is 11.6 Å². The fourth-order valence-corrected chi connectivity index (χ4v) is 4.38. The summed E-state index contributed by atoms with van der Waals surface area (Å²) in [4.78, 5) is 12.0. The van der Waals surface area contributed by atoms with Crippen LogP contribution in [0.2, 0.25) is 5.15 Å². The number of rotatable bonds is 8. The van der Waals surface area contributed by atoms with E-state index in [4.69, 9.17) is 16.3 Å². The first-order valence-corrected chi connectivity index (χ1v) is 10.3. The van der Waals surface area contributed by atoms with Gasteiger partial charge in [-0.25, -0.2) is 8.42 Å². The molecule has 0 aliphatic rings. The Balaban J connectivity index is 3.07. The molecule has 132 valence electrons. The minimum atomic E-state index is -3.99. The van der Waals surface area contributed by atoms with Crippen molar-refractivity contribution in [2.75, 3.05) is 12.0 Å². The molecule has 0 aliphatic carbocycles. The lowest BCUT2D eigenvalue weighted by Crippen LogP contribution is -2.43. The first-order valence-electron chi connectivity index (χ1n) is 7.01. The Morgan fingerprint density at radius 2 is 2.09 bits per heavy atom. The molecule has 0 aromatic carbocycles. The van der Waals surface area contributed by atoms with E-state index in [2.05, 4.69) is 9.82 Å². The lowest BCUT2D eigenvalue weighted by Gasteiger charge is -2.18. The second kappa shape index (κ2) is 8.36. The molecular formula is C13H22ClN3O4S2. The molecule has 1 aromatic heterocycles. The van der Waals surface area contributed by atoms with E-state index in [9.17, 15) is 13.2 Å². The van der Waals surface area contributed by atoms with E-state index < -0.39 is 22.0 Å². The average molecular weight is 384 g/mol. The van der Waals surface area contributed by atoms with Gasteiger partial charge < -0.3 is 4.74 Å². The van der Waals surface area contributed by atoms with Crippen molar-refractivity contribution in [1.82, 2.24) is 14.5 Å². The van der Waals surface area contributed by atoms with Crippen LogP contribution in [0.5, 0.6) is 0 Å². The Kier molecular flexibility index (Phi) is 7.37. The summed E-state index contributed by atoms with van der Waals surface area (Å²) >= 11 is 7.52. The average Bonchev–Trinajstić information content (AvgIpc) is 2.67. The van der Waals surface area contributed by atoms with Crippen molar-refractivity contribution in [1.29, 1.82) is 0 Å². The van der Waals surface area contributed by atoms with Gasteiger partial charge in [0.2, 0.25) is 10.0 Å². The number of sulfonamides is 1. The molecule has 0 aliphatic heterocycles. The number of nitrogens with one attached hydrogen (secondary N) is 1. The normalized spacial score (nSPS) is 13.3. The van der Waals surface area contributed by atoms with E-state index in [-0.39, 0.29) is 21.8 Å². The molecule has 1 aromatic rings.